The van der Waals surface area contributed by atoms with E-state index in [0.29, 0.717) is 11.2 Å². The van der Waals surface area contributed by atoms with Gasteiger partial charge in [-0.2, -0.15) is 0 Å². The number of nitrogens with one attached hydrogen (secondary N) is 1. The molecule has 0 saturated carbocycles. The Morgan fingerprint density at radius 3 is 2.55 bits per heavy atom. The van der Waals surface area contributed by atoms with E-state index in [9.17, 15) is 4.79 Å². The molecule has 0 aliphatic rings. The van der Waals surface area contributed by atoms with E-state index >= 15 is 0 Å². The van der Waals surface area contributed by atoms with Crippen LogP contribution in [0.4, 0.5) is 0 Å². The molecule has 0 aliphatic carbocycles. The molecule has 0 fully saturated rings. The van der Waals surface area contributed by atoms with E-state index in [-0.39, 0.29) is 6.42 Å². The molecule has 0 spiro atoms. The summed E-state index contributed by atoms with van der Waals surface area (Å²) in [5.41, 5.74) is 6.32. The lowest BCUT2D eigenvalue weighted by molar-refractivity contribution is -0.136. The number of aryl methyl sites for hydroxylation is 4. The Morgan fingerprint density at radius 2 is 1.90 bits per heavy atom. The molecule has 1 heterocycles. The molecule has 20 heavy (non-hydrogen) atoms. The Balaban J connectivity index is 2.47. The molecule has 2 rings (SSSR count). The monoisotopic (exact) mass is 336 g/mol. The van der Waals surface area contributed by atoms with Crippen molar-refractivity contribution in [2.75, 3.05) is 0 Å². The van der Waals surface area contributed by atoms with Gasteiger partial charge in [0.1, 0.15) is 0 Å². The predicted molar refractivity (Wildman–Crippen MR) is 81.9 cm³/mol. The van der Waals surface area contributed by atoms with Crippen LogP contribution in [0.2, 0.25) is 0 Å². The molecule has 0 aliphatic heterocycles. The van der Waals surface area contributed by atoms with Crippen LogP contribution in [0.5, 0.6) is 0 Å². The van der Waals surface area contributed by atoms with Crippen LogP contribution in [0.25, 0.3) is 11.3 Å². The maximum absolute atomic E-state index is 10.7. The van der Waals surface area contributed by atoms with E-state index in [4.69, 9.17) is 5.11 Å². The topological polar surface area (TPSA) is 66.0 Å². The molecule has 0 atom stereocenters. The first-order chi connectivity index (χ1) is 9.38. The number of H-pyrrole nitrogens is 1. The van der Waals surface area contributed by atoms with Crippen molar-refractivity contribution in [1.82, 2.24) is 9.97 Å². The standard InChI is InChI=1S/C15H17BrN2O2/c1-8-6-10(3)11(7-9(8)2)14-12(4-5-13(19)20)17-15(16)18-14/h6-7H,4-5H2,1-3H3,(H,17,18)(H,19,20). The quantitative estimate of drug-likeness (QED) is 0.892. The van der Waals surface area contributed by atoms with Gasteiger partial charge < -0.3 is 10.1 Å². The largest absolute Gasteiger partial charge is 0.481 e. The minimum absolute atomic E-state index is 0.0888. The molecule has 106 valence electrons. The Labute approximate surface area is 126 Å². The molecule has 0 saturated heterocycles. The number of carbonyl (C=O) groups is 1. The van der Waals surface area contributed by atoms with Gasteiger partial charge in [-0.1, -0.05) is 6.07 Å². The van der Waals surface area contributed by atoms with Gasteiger partial charge in [0.05, 0.1) is 12.1 Å². The van der Waals surface area contributed by atoms with Gasteiger partial charge in [-0.3, -0.25) is 4.79 Å². The second-order valence-electron chi connectivity index (χ2n) is 5.00. The number of aliphatic carboxylic acids is 1. The molecule has 0 radical (unpaired) electrons. The second-order valence-corrected chi connectivity index (χ2v) is 5.75. The molecule has 4 nitrogen and oxygen atoms in total. The van der Waals surface area contributed by atoms with Gasteiger partial charge in [0.25, 0.3) is 0 Å². The first kappa shape index (κ1) is 14.8. The van der Waals surface area contributed by atoms with E-state index in [2.05, 4.69) is 51.9 Å². The third-order valence-electron chi connectivity index (χ3n) is 3.43. The van der Waals surface area contributed by atoms with Crippen molar-refractivity contribution in [3.8, 4) is 11.3 Å². The van der Waals surface area contributed by atoms with Crippen molar-refractivity contribution in [3.05, 3.63) is 39.3 Å². The molecule has 1 aromatic carbocycles. The fraction of sp³-hybridized carbons (Fsp3) is 0.333. The molecular formula is C15H17BrN2O2. The molecule has 0 unspecified atom stereocenters. The number of carboxylic acids is 1. The van der Waals surface area contributed by atoms with Crippen LogP contribution in [0.3, 0.4) is 0 Å². The Bertz CT molecular complexity index is 662. The zero-order chi connectivity index (χ0) is 14.9. The van der Waals surface area contributed by atoms with E-state index in [1.807, 2.05) is 6.92 Å². The van der Waals surface area contributed by atoms with E-state index in [1.54, 1.807) is 0 Å². The number of rotatable bonds is 4. The van der Waals surface area contributed by atoms with Crippen LogP contribution in [-0.2, 0) is 11.2 Å². The SMILES string of the molecule is Cc1cc(C)c(-c2nc(Br)[nH]c2CCC(=O)O)cc1C. The lowest BCUT2D eigenvalue weighted by Gasteiger charge is -2.09. The lowest BCUT2D eigenvalue weighted by Crippen LogP contribution is -1.99. The summed E-state index contributed by atoms with van der Waals surface area (Å²) in [5, 5.41) is 8.83. The van der Waals surface area contributed by atoms with Crippen molar-refractivity contribution in [2.45, 2.75) is 33.6 Å². The number of aromatic nitrogens is 2. The van der Waals surface area contributed by atoms with Crippen LogP contribution >= 0.6 is 15.9 Å². The van der Waals surface area contributed by atoms with Crippen molar-refractivity contribution in [2.24, 2.45) is 0 Å². The number of hydrogen-bond acceptors (Lipinski definition) is 2. The molecule has 1 aromatic heterocycles. The van der Waals surface area contributed by atoms with Crippen molar-refractivity contribution in [3.63, 3.8) is 0 Å². The zero-order valence-corrected chi connectivity index (χ0v) is 13.3. The number of benzene rings is 1. The normalized spacial score (nSPS) is 10.8. The molecule has 0 bridgehead atoms. The van der Waals surface area contributed by atoms with Gasteiger partial charge in [0.15, 0.2) is 4.73 Å². The van der Waals surface area contributed by atoms with E-state index in [0.717, 1.165) is 22.5 Å². The summed E-state index contributed by atoms with van der Waals surface area (Å²) in [5.74, 6) is -0.807. The van der Waals surface area contributed by atoms with Gasteiger partial charge in [0.2, 0.25) is 0 Å². The third kappa shape index (κ3) is 3.10. The Kier molecular flexibility index (Phi) is 4.28. The summed E-state index contributed by atoms with van der Waals surface area (Å²) in [4.78, 5) is 18.3. The summed E-state index contributed by atoms with van der Waals surface area (Å²) < 4.78 is 0.630. The average molecular weight is 337 g/mol. The molecule has 2 N–H and O–H groups in total. The predicted octanol–water partition coefficient (Wildman–Crippen LogP) is 3.78. The van der Waals surface area contributed by atoms with Gasteiger partial charge in [-0.05, 0) is 59.5 Å². The minimum atomic E-state index is -0.807. The Hall–Kier alpha value is -1.62. The molecule has 5 heteroatoms. The number of imidazole rings is 1. The maximum Gasteiger partial charge on any atom is 0.303 e. The highest BCUT2D eigenvalue weighted by Crippen LogP contribution is 2.29. The van der Waals surface area contributed by atoms with Gasteiger partial charge in [-0.15, -0.1) is 0 Å². The van der Waals surface area contributed by atoms with Gasteiger partial charge >= 0.3 is 5.97 Å². The lowest BCUT2D eigenvalue weighted by atomic mass is 9.97. The number of hydrogen-bond donors (Lipinski definition) is 2. The summed E-state index contributed by atoms with van der Waals surface area (Å²) >= 11 is 3.33. The van der Waals surface area contributed by atoms with Crippen molar-refractivity contribution in [1.29, 1.82) is 0 Å². The molecule has 0 amide bonds. The second kappa shape index (κ2) is 5.79. The van der Waals surface area contributed by atoms with Crippen LogP contribution in [0.15, 0.2) is 16.9 Å². The fourth-order valence-electron chi connectivity index (χ4n) is 2.23. The fourth-order valence-corrected chi connectivity index (χ4v) is 2.65. The number of carboxylic acid groups (broad SMARTS) is 1. The Morgan fingerprint density at radius 1 is 1.25 bits per heavy atom. The van der Waals surface area contributed by atoms with Crippen LogP contribution in [-0.4, -0.2) is 21.0 Å². The highest BCUT2D eigenvalue weighted by Gasteiger charge is 2.15. The summed E-state index contributed by atoms with van der Waals surface area (Å²) in [6, 6.07) is 4.24. The van der Waals surface area contributed by atoms with Crippen LogP contribution < -0.4 is 0 Å². The molecular weight excluding hydrogens is 320 g/mol. The summed E-state index contributed by atoms with van der Waals surface area (Å²) in [6.07, 6.45) is 0.529. The number of aromatic amines is 1. The minimum Gasteiger partial charge on any atom is -0.481 e. The smallest absolute Gasteiger partial charge is 0.303 e. The van der Waals surface area contributed by atoms with E-state index in [1.165, 1.54) is 11.1 Å². The van der Waals surface area contributed by atoms with Crippen molar-refractivity contribution >= 4 is 21.9 Å². The first-order valence-electron chi connectivity index (χ1n) is 6.43. The van der Waals surface area contributed by atoms with Gasteiger partial charge in [0, 0.05) is 17.7 Å². The van der Waals surface area contributed by atoms with Crippen molar-refractivity contribution < 1.29 is 9.90 Å². The van der Waals surface area contributed by atoms with Crippen LogP contribution in [0.1, 0.15) is 28.8 Å². The first-order valence-corrected chi connectivity index (χ1v) is 7.22. The number of halogens is 1. The maximum atomic E-state index is 10.7. The summed E-state index contributed by atoms with van der Waals surface area (Å²) in [6.45, 7) is 6.19. The zero-order valence-electron chi connectivity index (χ0n) is 11.7. The average Bonchev–Trinajstić information content (AvgIpc) is 2.72. The summed E-state index contributed by atoms with van der Waals surface area (Å²) in [7, 11) is 0. The van der Waals surface area contributed by atoms with Crippen LogP contribution in [0, 0.1) is 20.8 Å². The third-order valence-corrected chi connectivity index (χ3v) is 3.81. The highest BCUT2D eigenvalue weighted by atomic mass is 79.9. The molecule has 2 aromatic rings. The van der Waals surface area contributed by atoms with Gasteiger partial charge in [-0.25, -0.2) is 4.98 Å². The van der Waals surface area contributed by atoms with E-state index < -0.39 is 5.97 Å². The highest BCUT2D eigenvalue weighted by molar-refractivity contribution is 9.10. The number of nitrogens with zero attached hydrogens (tertiary/aromatic N) is 1.